The fraction of sp³-hybridized carbons (Fsp3) is 0.160. The van der Waals surface area contributed by atoms with Crippen molar-refractivity contribution >= 4 is 34.4 Å². The van der Waals surface area contributed by atoms with Gasteiger partial charge in [-0.3, -0.25) is 4.79 Å². The third kappa shape index (κ3) is 5.18. The summed E-state index contributed by atoms with van der Waals surface area (Å²) >= 11 is 1.41. The van der Waals surface area contributed by atoms with Crippen LogP contribution in [0.5, 0.6) is 5.75 Å². The molecule has 0 bridgehead atoms. The highest BCUT2D eigenvalue weighted by molar-refractivity contribution is 7.99. The summed E-state index contributed by atoms with van der Waals surface area (Å²) < 4.78 is 7.32. The van der Waals surface area contributed by atoms with Crippen LogP contribution in [0.15, 0.2) is 89.1 Å². The molecule has 162 valence electrons. The Morgan fingerprint density at radius 1 is 1.03 bits per heavy atom. The zero-order valence-electron chi connectivity index (χ0n) is 18.0. The van der Waals surface area contributed by atoms with E-state index in [1.165, 1.54) is 17.3 Å². The van der Waals surface area contributed by atoms with E-state index in [0.717, 1.165) is 33.2 Å². The standard InChI is InChI=1S/C25H24N4O2S/c1-18(20-12-14-21(31-2)15-13-20)27-28-24(30)17-32-25-26-22-10-6-7-11-23(22)29(25)16-19-8-4-3-5-9-19/h3-15H,16-17H2,1-2H3,(H,28,30)/b27-18-. The third-order valence-corrected chi connectivity index (χ3v) is 5.97. The van der Waals surface area contributed by atoms with Crippen molar-refractivity contribution in [1.82, 2.24) is 15.0 Å². The number of fused-ring (bicyclic) bond motifs is 1. The van der Waals surface area contributed by atoms with E-state index in [1.54, 1.807) is 7.11 Å². The molecule has 1 heterocycles. The molecule has 0 atom stereocenters. The average Bonchev–Trinajstić information content (AvgIpc) is 3.19. The Hall–Kier alpha value is -3.58. The van der Waals surface area contributed by atoms with Crippen LogP contribution in [0.2, 0.25) is 0 Å². The maximum atomic E-state index is 12.4. The molecule has 0 aliphatic heterocycles. The molecule has 32 heavy (non-hydrogen) atoms. The summed E-state index contributed by atoms with van der Waals surface area (Å²) in [5.41, 5.74) is 7.43. The summed E-state index contributed by atoms with van der Waals surface area (Å²) in [4.78, 5) is 17.2. The van der Waals surface area contributed by atoms with Gasteiger partial charge in [0.2, 0.25) is 0 Å². The topological polar surface area (TPSA) is 68.5 Å². The molecule has 0 radical (unpaired) electrons. The number of benzene rings is 3. The van der Waals surface area contributed by atoms with E-state index >= 15 is 0 Å². The summed E-state index contributed by atoms with van der Waals surface area (Å²) in [6, 6.07) is 25.8. The van der Waals surface area contributed by atoms with Crippen molar-refractivity contribution < 1.29 is 9.53 Å². The van der Waals surface area contributed by atoms with Gasteiger partial charge in [0.25, 0.3) is 5.91 Å². The molecular formula is C25H24N4O2S. The molecule has 0 spiro atoms. The van der Waals surface area contributed by atoms with E-state index in [0.29, 0.717) is 6.54 Å². The molecule has 0 unspecified atom stereocenters. The minimum Gasteiger partial charge on any atom is -0.497 e. The minimum atomic E-state index is -0.179. The van der Waals surface area contributed by atoms with Gasteiger partial charge in [0.05, 0.1) is 36.2 Å². The second kappa shape index (κ2) is 10.2. The van der Waals surface area contributed by atoms with Crippen molar-refractivity contribution in [2.75, 3.05) is 12.9 Å². The van der Waals surface area contributed by atoms with Gasteiger partial charge in [-0.05, 0) is 54.4 Å². The Kier molecular flexibility index (Phi) is 6.87. The van der Waals surface area contributed by atoms with Crippen LogP contribution >= 0.6 is 11.8 Å². The quantitative estimate of drug-likeness (QED) is 0.242. The van der Waals surface area contributed by atoms with E-state index in [-0.39, 0.29) is 11.7 Å². The fourth-order valence-electron chi connectivity index (χ4n) is 3.29. The molecule has 1 aromatic heterocycles. The van der Waals surface area contributed by atoms with Crippen LogP contribution < -0.4 is 10.2 Å². The van der Waals surface area contributed by atoms with Crippen molar-refractivity contribution in [1.29, 1.82) is 0 Å². The first-order chi connectivity index (χ1) is 15.6. The lowest BCUT2D eigenvalue weighted by Crippen LogP contribution is -2.21. The number of carbonyl (C=O) groups excluding carboxylic acids is 1. The van der Waals surface area contributed by atoms with Gasteiger partial charge in [-0.15, -0.1) is 0 Å². The van der Waals surface area contributed by atoms with E-state index in [1.807, 2.05) is 67.6 Å². The number of nitrogens with one attached hydrogen (secondary N) is 1. The summed E-state index contributed by atoms with van der Waals surface area (Å²) in [5, 5.41) is 5.04. The van der Waals surface area contributed by atoms with Crippen molar-refractivity contribution in [3.05, 3.63) is 90.0 Å². The van der Waals surface area contributed by atoms with Crippen LogP contribution in [0.3, 0.4) is 0 Å². The van der Waals surface area contributed by atoms with Gasteiger partial charge in [-0.25, -0.2) is 10.4 Å². The second-order valence-electron chi connectivity index (χ2n) is 7.20. The first-order valence-corrected chi connectivity index (χ1v) is 11.2. The highest BCUT2D eigenvalue weighted by Crippen LogP contribution is 2.25. The molecule has 4 rings (SSSR count). The Labute approximate surface area is 191 Å². The summed E-state index contributed by atoms with van der Waals surface area (Å²) in [6.45, 7) is 2.55. The highest BCUT2D eigenvalue weighted by Gasteiger charge is 2.13. The molecular weight excluding hydrogens is 420 g/mol. The second-order valence-corrected chi connectivity index (χ2v) is 8.15. The molecule has 7 heteroatoms. The Balaban J connectivity index is 1.44. The molecule has 0 aliphatic rings. The van der Waals surface area contributed by atoms with Crippen LogP contribution in [0.1, 0.15) is 18.1 Å². The smallest absolute Gasteiger partial charge is 0.250 e. The van der Waals surface area contributed by atoms with Crippen molar-refractivity contribution in [3.8, 4) is 5.75 Å². The first kappa shape index (κ1) is 21.6. The number of para-hydroxylation sites is 2. The number of amides is 1. The fourth-order valence-corrected chi connectivity index (χ4v) is 4.09. The number of thioether (sulfide) groups is 1. The number of aromatic nitrogens is 2. The van der Waals surface area contributed by atoms with Gasteiger partial charge < -0.3 is 9.30 Å². The van der Waals surface area contributed by atoms with Gasteiger partial charge in [0, 0.05) is 0 Å². The number of nitrogens with zero attached hydrogens (tertiary/aromatic N) is 3. The predicted molar refractivity (Wildman–Crippen MR) is 129 cm³/mol. The van der Waals surface area contributed by atoms with Crippen LogP contribution in [-0.4, -0.2) is 34.0 Å². The molecule has 0 fully saturated rings. The zero-order chi connectivity index (χ0) is 22.3. The van der Waals surface area contributed by atoms with E-state index < -0.39 is 0 Å². The number of carbonyl (C=O) groups is 1. The Morgan fingerprint density at radius 3 is 2.50 bits per heavy atom. The largest absolute Gasteiger partial charge is 0.497 e. The van der Waals surface area contributed by atoms with Gasteiger partial charge in [0.1, 0.15) is 5.75 Å². The third-order valence-electron chi connectivity index (χ3n) is 4.99. The summed E-state index contributed by atoms with van der Waals surface area (Å²) in [7, 11) is 1.63. The molecule has 0 saturated heterocycles. The summed E-state index contributed by atoms with van der Waals surface area (Å²) in [5.74, 6) is 0.818. The number of methoxy groups -OCH3 is 1. The molecule has 3 aromatic carbocycles. The van der Waals surface area contributed by atoms with Crippen LogP contribution in [0, 0.1) is 0 Å². The van der Waals surface area contributed by atoms with Crippen LogP contribution in [0.25, 0.3) is 11.0 Å². The molecule has 1 N–H and O–H groups in total. The molecule has 0 saturated carbocycles. The monoisotopic (exact) mass is 444 g/mol. The van der Waals surface area contributed by atoms with Crippen molar-refractivity contribution in [3.63, 3.8) is 0 Å². The molecule has 0 aliphatic carbocycles. The SMILES string of the molecule is COc1ccc(/C(C)=N\NC(=O)CSc2nc3ccccc3n2Cc2ccccc2)cc1. The number of hydrogen-bond donors (Lipinski definition) is 1. The lowest BCUT2D eigenvalue weighted by atomic mass is 10.1. The summed E-state index contributed by atoms with van der Waals surface area (Å²) in [6.07, 6.45) is 0. The molecule has 4 aromatic rings. The van der Waals surface area contributed by atoms with E-state index in [4.69, 9.17) is 9.72 Å². The van der Waals surface area contributed by atoms with Gasteiger partial charge in [-0.2, -0.15) is 5.10 Å². The van der Waals surface area contributed by atoms with Crippen molar-refractivity contribution in [2.24, 2.45) is 5.10 Å². The maximum Gasteiger partial charge on any atom is 0.250 e. The lowest BCUT2D eigenvalue weighted by molar-refractivity contribution is -0.118. The molecule has 6 nitrogen and oxygen atoms in total. The van der Waals surface area contributed by atoms with Gasteiger partial charge in [0.15, 0.2) is 5.16 Å². The zero-order valence-corrected chi connectivity index (χ0v) is 18.8. The lowest BCUT2D eigenvalue weighted by Gasteiger charge is -2.09. The van der Waals surface area contributed by atoms with Gasteiger partial charge >= 0.3 is 0 Å². The first-order valence-electron chi connectivity index (χ1n) is 10.2. The van der Waals surface area contributed by atoms with Crippen LogP contribution in [-0.2, 0) is 11.3 Å². The number of hydrazone groups is 1. The maximum absolute atomic E-state index is 12.4. The Morgan fingerprint density at radius 2 is 1.75 bits per heavy atom. The van der Waals surface area contributed by atoms with Gasteiger partial charge in [-0.1, -0.05) is 54.2 Å². The Bertz CT molecular complexity index is 1230. The van der Waals surface area contributed by atoms with E-state index in [2.05, 4.69) is 33.3 Å². The molecule has 1 amide bonds. The normalized spacial score (nSPS) is 11.5. The number of hydrogen-bond acceptors (Lipinski definition) is 5. The number of rotatable bonds is 8. The predicted octanol–water partition coefficient (Wildman–Crippen LogP) is 4.73. The van der Waals surface area contributed by atoms with E-state index in [9.17, 15) is 4.79 Å². The number of imidazole rings is 1. The average molecular weight is 445 g/mol. The number of ether oxygens (including phenoxy) is 1. The van der Waals surface area contributed by atoms with Crippen molar-refractivity contribution in [2.45, 2.75) is 18.6 Å². The minimum absolute atomic E-state index is 0.179. The highest BCUT2D eigenvalue weighted by atomic mass is 32.2. The van der Waals surface area contributed by atoms with Crippen LogP contribution in [0.4, 0.5) is 0 Å².